The monoisotopic (exact) mass is 344 g/mol. The molecule has 0 aliphatic heterocycles. The molecule has 3 aromatic heterocycles. The first kappa shape index (κ1) is 15.5. The zero-order chi connectivity index (χ0) is 17.6. The molecule has 130 valence electrons. The molecular formula is C17H18F2N6. The van der Waals surface area contributed by atoms with Gasteiger partial charge in [0, 0.05) is 25.3 Å². The van der Waals surface area contributed by atoms with Crippen LogP contribution in [-0.4, -0.2) is 30.6 Å². The van der Waals surface area contributed by atoms with Gasteiger partial charge in [0.1, 0.15) is 5.82 Å². The summed E-state index contributed by atoms with van der Waals surface area (Å²) >= 11 is 0. The Hall–Kier alpha value is -3.03. The lowest BCUT2D eigenvalue weighted by Gasteiger charge is -2.08. The Morgan fingerprint density at radius 1 is 1.36 bits per heavy atom. The fourth-order valence-electron chi connectivity index (χ4n) is 3.16. The summed E-state index contributed by atoms with van der Waals surface area (Å²) in [5, 5.41) is 4.13. The second-order valence-electron chi connectivity index (χ2n) is 5.87. The van der Waals surface area contributed by atoms with E-state index in [1.54, 1.807) is 22.2 Å². The molecule has 8 heteroatoms. The second-order valence-corrected chi connectivity index (χ2v) is 5.87. The zero-order valence-corrected chi connectivity index (χ0v) is 13.5. The Bertz CT molecular complexity index is 1020. The van der Waals surface area contributed by atoms with Crippen molar-refractivity contribution in [2.75, 3.05) is 5.73 Å². The van der Waals surface area contributed by atoms with Crippen LogP contribution in [0.15, 0.2) is 30.6 Å². The molecule has 0 spiro atoms. The van der Waals surface area contributed by atoms with Crippen LogP contribution in [0.2, 0.25) is 0 Å². The highest BCUT2D eigenvalue weighted by molar-refractivity contribution is 5.87. The largest absolute Gasteiger partial charge is 0.367 e. The summed E-state index contributed by atoms with van der Waals surface area (Å²) in [5.74, 6) is 0.804. The highest BCUT2D eigenvalue weighted by atomic mass is 19.3. The fourth-order valence-corrected chi connectivity index (χ4v) is 3.16. The molecule has 0 saturated heterocycles. The van der Waals surface area contributed by atoms with E-state index in [-0.39, 0.29) is 13.9 Å². The topological polar surface area (TPSA) is 74.0 Å². The molecule has 4 rings (SSSR count). The second kappa shape index (κ2) is 5.80. The smallest absolute Gasteiger partial charge is 0.256 e. The SMILES string of the molecule is Cc1nc2c(n1CC(F)F)CC=C(c1ccn3nc(N)ncc13)C=C2.[HH]. The standard InChI is InChI=1S/C17H16F2N6.H2/c1-10-22-13-4-2-11(3-5-14(13)24(10)9-16(18)19)12-6-7-25-15(12)8-21-17(20)23-25;/h2-4,6-8,16H,5,9H2,1H3,(H2,20,23);1H. The van der Waals surface area contributed by atoms with Crippen molar-refractivity contribution < 1.29 is 10.2 Å². The van der Waals surface area contributed by atoms with Crippen molar-refractivity contribution in [2.24, 2.45) is 0 Å². The molecule has 25 heavy (non-hydrogen) atoms. The number of aryl methyl sites for hydroxylation is 1. The molecule has 1 aliphatic rings. The number of imidazole rings is 1. The molecule has 0 fully saturated rings. The minimum atomic E-state index is -2.41. The maximum absolute atomic E-state index is 12.8. The normalized spacial score (nSPS) is 14.0. The van der Waals surface area contributed by atoms with Crippen molar-refractivity contribution in [3.05, 3.63) is 53.4 Å². The molecule has 0 amide bonds. The summed E-state index contributed by atoms with van der Waals surface area (Å²) in [5.41, 5.74) is 9.89. The number of aromatic nitrogens is 5. The number of nitrogens with two attached hydrogens (primary N) is 1. The number of nitrogen functional groups attached to an aromatic ring is 1. The third-order valence-electron chi connectivity index (χ3n) is 4.30. The maximum atomic E-state index is 12.8. The van der Waals surface area contributed by atoms with Gasteiger partial charge in [-0.3, -0.25) is 0 Å². The van der Waals surface area contributed by atoms with Crippen LogP contribution in [0.1, 0.15) is 24.2 Å². The van der Waals surface area contributed by atoms with E-state index in [0.717, 1.165) is 28.0 Å². The fraction of sp³-hybridized carbons (Fsp3) is 0.235. The van der Waals surface area contributed by atoms with Gasteiger partial charge in [-0.05, 0) is 24.6 Å². The Kier molecular flexibility index (Phi) is 3.60. The summed E-state index contributed by atoms with van der Waals surface area (Å²) in [6.07, 6.45) is 7.42. The molecule has 2 N–H and O–H groups in total. The number of rotatable bonds is 3. The third-order valence-corrected chi connectivity index (χ3v) is 4.30. The predicted molar refractivity (Wildman–Crippen MR) is 93.2 cm³/mol. The van der Waals surface area contributed by atoms with Crippen molar-refractivity contribution in [2.45, 2.75) is 26.3 Å². The summed E-state index contributed by atoms with van der Waals surface area (Å²) < 4.78 is 29.0. The lowest BCUT2D eigenvalue weighted by Crippen LogP contribution is -2.11. The minimum Gasteiger partial charge on any atom is -0.367 e. The molecule has 0 radical (unpaired) electrons. The van der Waals surface area contributed by atoms with Crippen molar-refractivity contribution in [3.8, 4) is 0 Å². The summed E-state index contributed by atoms with van der Waals surface area (Å²) in [6, 6.07) is 1.93. The Morgan fingerprint density at radius 3 is 3.00 bits per heavy atom. The molecule has 0 unspecified atom stereocenters. The van der Waals surface area contributed by atoms with Crippen LogP contribution >= 0.6 is 0 Å². The van der Waals surface area contributed by atoms with E-state index in [9.17, 15) is 8.78 Å². The Labute approximate surface area is 143 Å². The number of alkyl halides is 2. The molecule has 0 bridgehead atoms. The average Bonchev–Trinajstić information content (AvgIpc) is 3.02. The van der Waals surface area contributed by atoms with E-state index in [1.165, 1.54) is 0 Å². The molecule has 0 aromatic carbocycles. The first-order valence-electron chi connectivity index (χ1n) is 7.85. The Morgan fingerprint density at radius 2 is 2.20 bits per heavy atom. The van der Waals surface area contributed by atoms with Crippen LogP contribution in [0.25, 0.3) is 17.2 Å². The van der Waals surface area contributed by atoms with Gasteiger partial charge < -0.3 is 10.3 Å². The van der Waals surface area contributed by atoms with E-state index in [1.807, 2.05) is 30.5 Å². The highest BCUT2D eigenvalue weighted by Gasteiger charge is 2.18. The van der Waals surface area contributed by atoms with Gasteiger partial charge in [0.2, 0.25) is 5.95 Å². The molecule has 6 nitrogen and oxygen atoms in total. The van der Waals surface area contributed by atoms with Crippen molar-refractivity contribution >= 4 is 23.1 Å². The van der Waals surface area contributed by atoms with Crippen LogP contribution in [-0.2, 0) is 13.0 Å². The summed E-state index contributed by atoms with van der Waals surface area (Å²) in [4.78, 5) is 8.46. The number of halogens is 2. The highest BCUT2D eigenvalue weighted by Crippen LogP contribution is 2.28. The van der Waals surface area contributed by atoms with E-state index in [0.29, 0.717) is 12.2 Å². The van der Waals surface area contributed by atoms with E-state index >= 15 is 0 Å². The summed E-state index contributed by atoms with van der Waals surface area (Å²) in [7, 11) is 0. The van der Waals surface area contributed by atoms with Gasteiger partial charge >= 0.3 is 0 Å². The Balaban J connectivity index is 0.00000196. The molecule has 1 aliphatic carbocycles. The van der Waals surface area contributed by atoms with Gasteiger partial charge in [-0.1, -0.05) is 12.2 Å². The van der Waals surface area contributed by atoms with Crippen LogP contribution < -0.4 is 5.73 Å². The van der Waals surface area contributed by atoms with Crippen LogP contribution in [0, 0.1) is 6.92 Å². The minimum absolute atomic E-state index is 0. The van der Waals surface area contributed by atoms with Gasteiger partial charge in [-0.25, -0.2) is 23.3 Å². The zero-order valence-electron chi connectivity index (χ0n) is 13.5. The van der Waals surface area contributed by atoms with Crippen LogP contribution in [0.3, 0.4) is 0 Å². The molecular weight excluding hydrogens is 326 g/mol. The lowest BCUT2D eigenvalue weighted by molar-refractivity contribution is 0.125. The van der Waals surface area contributed by atoms with E-state index < -0.39 is 6.43 Å². The first-order valence-corrected chi connectivity index (χ1v) is 7.85. The van der Waals surface area contributed by atoms with Gasteiger partial charge in [0.05, 0.1) is 24.0 Å². The molecule has 0 saturated carbocycles. The van der Waals surface area contributed by atoms with Crippen molar-refractivity contribution in [1.29, 1.82) is 0 Å². The van der Waals surface area contributed by atoms with Gasteiger partial charge in [0.25, 0.3) is 6.43 Å². The molecule has 0 atom stereocenters. The number of hydrogen-bond donors (Lipinski definition) is 1. The number of anilines is 1. The first-order chi connectivity index (χ1) is 12.0. The number of allylic oxidation sites excluding steroid dienone is 3. The van der Waals surface area contributed by atoms with Gasteiger partial charge in [-0.2, -0.15) is 0 Å². The van der Waals surface area contributed by atoms with Crippen LogP contribution in [0.4, 0.5) is 14.7 Å². The maximum Gasteiger partial charge on any atom is 0.256 e. The summed E-state index contributed by atoms with van der Waals surface area (Å²) in [6.45, 7) is 1.41. The van der Waals surface area contributed by atoms with Gasteiger partial charge in [0.15, 0.2) is 0 Å². The quantitative estimate of drug-likeness (QED) is 0.793. The number of nitrogens with zero attached hydrogens (tertiary/aromatic N) is 5. The lowest BCUT2D eigenvalue weighted by atomic mass is 10.1. The van der Waals surface area contributed by atoms with Crippen molar-refractivity contribution in [3.63, 3.8) is 0 Å². The van der Waals surface area contributed by atoms with E-state index in [4.69, 9.17) is 5.73 Å². The molecule has 3 heterocycles. The van der Waals surface area contributed by atoms with Crippen LogP contribution in [0.5, 0.6) is 0 Å². The number of fused-ring (bicyclic) bond motifs is 2. The predicted octanol–water partition coefficient (Wildman–Crippen LogP) is 2.98. The average molecular weight is 344 g/mol. The third kappa shape index (κ3) is 2.69. The number of hydrogen-bond acceptors (Lipinski definition) is 4. The van der Waals surface area contributed by atoms with E-state index in [2.05, 4.69) is 15.1 Å². The molecule has 3 aromatic rings. The van der Waals surface area contributed by atoms with Crippen molar-refractivity contribution in [1.82, 2.24) is 24.1 Å². The van der Waals surface area contributed by atoms with Gasteiger partial charge in [-0.15, -0.1) is 5.10 Å².